The maximum atomic E-state index is 13.6. The van der Waals surface area contributed by atoms with Crippen LogP contribution >= 0.6 is 0 Å². The monoisotopic (exact) mass is 332 g/mol. The van der Waals surface area contributed by atoms with Gasteiger partial charge in [-0.05, 0) is 19.1 Å². The van der Waals surface area contributed by atoms with Crippen LogP contribution in [0.2, 0.25) is 0 Å². The zero-order valence-electron chi connectivity index (χ0n) is 11.9. The molecule has 0 unspecified atom stereocenters. The minimum atomic E-state index is -4.80. The van der Waals surface area contributed by atoms with Crippen molar-refractivity contribution in [2.75, 3.05) is 13.2 Å². The summed E-state index contributed by atoms with van der Waals surface area (Å²) in [6, 6.07) is 2.30. The number of amides is 1. The van der Waals surface area contributed by atoms with E-state index in [1.54, 1.807) is 0 Å². The number of hydrogen-bond acceptors (Lipinski definition) is 4. The topological polar surface area (TPSA) is 75.4 Å². The van der Waals surface area contributed by atoms with Crippen LogP contribution in [0.5, 0.6) is 0 Å². The van der Waals surface area contributed by atoms with Crippen LogP contribution in [0, 0.1) is 12.7 Å². The first kappa shape index (κ1) is 16.9. The SMILES string of the molecule is Cc1c(C(=O)NCCO)noc1-c1ccc(C(F)(F)F)c(F)c1. The summed E-state index contributed by atoms with van der Waals surface area (Å²) in [5.74, 6) is -2.07. The molecule has 124 valence electrons. The van der Waals surface area contributed by atoms with Crippen LogP contribution in [0.4, 0.5) is 17.6 Å². The molecular weight excluding hydrogens is 320 g/mol. The molecule has 2 N–H and O–H groups in total. The van der Waals surface area contributed by atoms with E-state index in [0.29, 0.717) is 12.1 Å². The standard InChI is InChI=1S/C14H12F4N2O3/c1-7-11(13(22)19-4-5-21)20-23-12(7)8-2-3-9(10(15)6-8)14(16,17)18/h2-3,6,21H,4-5H2,1H3,(H,19,22). The Balaban J connectivity index is 2.35. The highest BCUT2D eigenvalue weighted by atomic mass is 19.4. The zero-order chi connectivity index (χ0) is 17.2. The summed E-state index contributed by atoms with van der Waals surface area (Å²) in [6.45, 7) is 1.21. The van der Waals surface area contributed by atoms with E-state index in [-0.39, 0.29) is 35.7 Å². The molecule has 23 heavy (non-hydrogen) atoms. The fraction of sp³-hybridized carbons (Fsp3) is 0.286. The van der Waals surface area contributed by atoms with E-state index in [4.69, 9.17) is 9.63 Å². The van der Waals surface area contributed by atoms with Crippen LogP contribution in [-0.4, -0.2) is 29.3 Å². The van der Waals surface area contributed by atoms with E-state index in [1.165, 1.54) is 6.92 Å². The van der Waals surface area contributed by atoms with Gasteiger partial charge < -0.3 is 14.9 Å². The Labute approximate surface area is 127 Å². The van der Waals surface area contributed by atoms with Crippen LogP contribution in [-0.2, 0) is 6.18 Å². The van der Waals surface area contributed by atoms with Gasteiger partial charge in [-0.15, -0.1) is 0 Å². The Morgan fingerprint density at radius 1 is 1.39 bits per heavy atom. The quantitative estimate of drug-likeness (QED) is 0.844. The third kappa shape index (κ3) is 3.50. The average molecular weight is 332 g/mol. The van der Waals surface area contributed by atoms with Gasteiger partial charge in [0.15, 0.2) is 11.5 Å². The van der Waals surface area contributed by atoms with Crippen LogP contribution in [0.1, 0.15) is 21.6 Å². The molecule has 0 atom stereocenters. The average Bonchev–Trinajstić information content (AvgIpc) is 2.85. The van der Waals surface area contributed by atoms with Crippen LogP contribution in [0.3, 0.4) is 0 Å². The van der Waals surface area contributed by atoms with E-state index in [0.717, 1.165) is 6.07 Å². The number of halogens is 4. The lowest BCUT2D eigenvalue weighted by Crippen LogP contribution is -2.27. The molecule has 2 aromatic rings. The second kappa shape index (κ2) is 6.37. The van der Waals surface area contributed by atoms with Gasteiger partial charge in [0.25, 0.3) is 5.91 Å². The number of aliphatic hydroxyl groups is 1. The summed E-state index contributed by atoms with van der Waals surface area (Å²) in [5, 5.41) is 14.5. The predicted octanol–water partition coefficient (Wildman–Crippen LogP) is 2.53. The Morgan fingerprint density at radius 3 is 2.65 bits per heavy atom. The van der Waals surface area contributed by atoms with Crippen LogP contribution < -0.4 is 5.32 Å². The molecule has 0 aliphatic heterocycles. The highest BCUT2D eigenvalue weighted by Gasteiger charge is 2.34. The van der Waals surface area contributed by atoms with E-state index in [1.807, 2.05) is 0 Å². The number of hydrogen-bond donors (Lipinski definition) is 2. The normalized spacial score (nSPS) is 11.6. The van der Waals surface area contributed by atoms with Gasteiger partial charge in [-0.1, -0.05) is 11.2 Å². The first-order valence-corrected chi connectivity index (χ1v) is 6.48. The second-order valence-corrected chi connectivity index (χ2v) is 4.66. The Morgan fingerprint density at radius 2 is 2.09 bits per heavy atom. The molecular formula is C14H12F4N2O3. The Hall–Kier alpha value is -2.42. The number of aliphatic hydroxyl groups excluding tert-OH is 1. The van der Waals surface area contributed by atoms with Gasteiger partial charge in [-0.2, -0.15) is 13.2 Å². The molecule has 1 aromatic carbocycles. The first-order chi connectivity index (χ1) is 10.8. The molecule has 1 heterocycles. The number of carbonyl (C=O) groups is 1. The van der Waals surface area contributed by atoms with Gasteiger partial charge in [0.2, 0.25) is 0 Å². The smallest absolute Gasteiger partial charge is 0.395 e. The van der Waals surface area contributed by atoms with Gasteiger partial charge in [-0.25, -0.2) is 4.39 Å². The minimum absolute atomic E-state index is 0.00762. The molecule has 0 bridgehead atoms. The summed E-state index contributed by atoms with van der Waals surface area (Å²) in [5.41, 5.74) is -1.20. The van der Waals surface area contributed by atoms with Crippen LogP contribution in [0.15, 0.2) is 22.7 Å². The number of nitrogens with one attached hydrogen (secondary N) is 1. The number of benzene rings is 1. The predicted molar refractivity (Wildman–Crippen MR) is 71.1 cm³/mol. The van der Waals surface area contributed by atoms with Gasteiger partial charge in [0.1, 0.15) is 5.82 Å². The molecule has 1 aromatic heterocycles. The van der Waals surface area contributed by atoms with E-state index in [9.17, 15) is 22.4 Å². The molecule has 0 radical (unpaired) electrons. The van der Waals surface area contributed by atoms with Gasteiger partial charge >= 0.3 is 6.18 Å². The van der Waals surface area contributed by atoms with Crippen molar-refractivity contribution in [1.82, 2.24) is 10.5 Å². The highest BCUT2D eigenvalue weighted by molar-refractivity contribution is 5.94. The van der Waals surface area contributed by atoms with Crippen molar-refractivity contribution in [3.63, 3.8) is 0 Å². The number of alkyl halides is 3. The van der Waals surface area contributed by atoms with Crippen molar-refractivity contribution in [1.29, 1.82) is 0 Å². The third-order valence-corrected chi connectivity index (χ3v) is 3.07. The van der Waals surface area contributed by atoms with Crippen molar-refractivity contribution < 1.29 is 32.0 Å². The van der Waals surface area contributed by atoms with Gasteiger partial charge in [0, 0.05) is 17.7 Å². The number of aromatic nitrogens is 1. The Kier molecular flexibility index (Phi) is 4.69. The second-order valence-electron chi connectivity index (χ2n) is 4.66. The Bertz CT molecular complexity index is 725. The summed E-state index contributed by atoms with van der Waals surface area (Å²) in [7, 11) is 0. The third-order valence-electron chi connectivity index (χ3n) is 3.07. The molecule has 0 saturated carbocycles. The van der Waals surface area contributed by atoms with E-state index < -0.39 is 23.5 Å². The lowest BCUT2D eigenvalue weighted by molar-refractivity contribution is -0.139. The van der Waals surface area contributed by atoms with Crippen molar-refractivity contribution in [3.05, 3.63) is 40.8 Å². The van der Waals surface area contributed by atoms with Gasteiger partial charge in [-0.3, -0.25) is 4.79 Å². The maximum Gasteiger partial charge on any atom is 0.419 e. The molecule has 0 spiro atoms. The van der Waals surface area contributed by atoms with Crippen molar-refractivity contribution in [3.8, 4) is 11.3 Å². The molecule has 9 heteroatoms. The summed E-state index contributed by atoms with van der Waals surface area (Å²) in [6.07, 6.45) is -4.80. The molecule has 0 fully saturated rings. The number of carbonyl (C=O) groups excluding carboxylic acids is 1. The maximum absolute atomic E-state index is 13.6. The van der Waals surface area contributed by atoms with E-state index >= 15 is 0 Å². The molecule has 1 amide bonds. The molecule has 2 rings (SSSR count). The number of nitrogens with zero attached hydrogens (tertiary/aromatic N) is 1. The summed E-state index contributed by atoms with van der Waals surface area (Å²) < 4.78 is 56.2. The van der Waals surface area contributed by atoms with Crippen molar-refractivity contribution in [2.24, 2.45) is 0 Å². The fourth-order valence-corrected chi connectivity index (χ4v) is 1.96. The van der Waals surface area contributed by atoms with Crippen molar-refractivity contribution in [2.45, 2.75) is 13.1 Å². The van der Waals surface area contributed by atoms with Crippen molar-refractivity contribution >= 4 is 5.91 Å². The van der Waals surface area contributed by atoms with Gasteiger partial charge in [0.05, 0.1) is 12.2 Å². The molecule has 0 aliphatic rings. The van der Waals surface area contributed by atoms with Crippen LogP contribution in [0.25, 0.3) is 11.3 Å². The highest BCUT2D eigenvalue weighted by Crippen LogP contribution is 2.34. The fourth-order valence-electron chi connectivity index (χ4n) is 1.96. The number of rotatable bonds is 4. The minimum Gasteiger partial charge on any atom is -0.395 e. The first-order valence-electron chi connectivity index (χ1n) is 6.48. The molecule has 0 saturated heterocycles. The zero-order valence-corrected chi connectivity index (χ0v) is 11.9. The van der Waals surface area contributed by atoms with E-state index in [2.05, 4.69) is 10.5 Å². The largest absolute Gasteiger partial charge is 0.419 e. The summed E-state index contributed by atoms with van der Waals surface area (Å²) >= 11 is 0. The molecule has 5 nitrogen and oxygen atoms in total. The summed E-state index contributed by atoms with van der Waals surface area (Å²) in [4.78, 5) is 11.8. The lowest BCUT2D eigenvalue weighted by atomic mass is 10.0. The lowest BCUT2D eigenvalue weighted by Gasteiger charge is -2.08. The molecule has 0 aliphatic carbocycles.